The second-order valence-corrected chi connectivity index (χ2v) is 8.62. The first-order valence-corrected chi connectivity index (χ1v) is 9.41. The van der Waals surface area contributed by atoms with Gasteiger partial charge >= 0.3 is 5.97 Å². The Balaban J connectivity index is 2.87. The molecule has 2 N–H and O–H groups in total. The van der Waals surface area contributed by atoms with Gasteiger partial charge in [-0.3, -0.25) is 0 Å². The summed E-state index contributed by atoms with van der Waals surface area (Å²) in [5, 5.41) is 8.69. The van der Waals surface area contributed by atoms with Crippen molar-refractivity contribution in [2.24, 2.45) is 0 Å². The molecule has 20 heavy (non-hydrogen) atoms. The summed E-state index contributed by atoms with van der Waals surface area (Å²) in [6, 6.07) is 0.836. The third kappa shape index (κ3) is 4.30. The van der Waals surface area contributed by atoms with Crippen LogP contribution in [0.1, 0.15) is 17.5 Å². The highest BCUT2D eigenvalue weighted by Crippen LogP contribution is 2.25. The molecule has 0 fully saturated rings. The fourth-order valence-electron chi connectivity index (χ4n) is 1.19. The molecule has 1 rings (SSSR count). The van der Waals surface area contributed by atoms with E-state index in [1.165, 1.54) is 6.92 Å². The van der Waals surface area contributed by atoms with Crippen LogP contribution in [-0.4, -0.2) is 46.0 Å². The van der Waals surface area contributed by atoms with Crippen molar-refractivity contribution in [1.82, 2.24) is 4.72 Å². The van der Waals surface area contributed by atoms with Crippen LogP contribution in [0, 0.1) is 0 Å². The number of furan rings is 1. The Kier molecular flexibility index (Phi) is 5.35. The Morgan fingerprint density at radius 3 is 2.45 bits per heavy atom. The molecule has 0 spiro atoms. The van der Waals surface area contributed by atoms with Gasteiger partial charge in [0.15, 0.2) is 14.5 Å². The minimum Gasteiger partial charge on any atom is -0.475 e. The maximum Gasteiger partial charge on any atom is 0.371 e. The summed E-state index contributed by atoms with van der Waals surface area (Å²) in [6.45, 7) is 1.15. The predicted octanol–water partition coefficient (Wildman–Crippen LogP) is 0.453. The van der Waals surface area contributed by atoms with E-state index in [-0.39, 0.29) is 22.7 Å². The van der Waals surface area contributed by atoms with Gasteiger partial charge in [0.25, 0.3) is 0 Å². The summed E-state index contributed by atoms with van der Waals surface area (Å²) >= 11 is 2.80. The van der Waals surface area contributed by atoms with E-state index in [9.17, 15) is 21.6 Å². The Labute approximate surface area is 124 Å². The van der Waals surface area contributed by atoms with Gasteiger partial charge in [-0.2, -0.15) is 0 Å². The lowest BCUT2D eigenvalue weighted by Crippen LogP contribution is -2.29. The number of sulfonamides is 1. The molecule has 0 aliphatic heterocycles. The SMILES string of the molecule is CCS(=O)(=O)CCNS(=O)(=O)c1cc(C(=O)O)oc1Br. The predicted molar refractivity (Wildman–Crippen MR) is 72.9 cm³/mol. The van der Waals surface area contributed by atoms with Gasteiger partial charge in [0.05, 0.1) is 5.75 Å². The lowest BCUT2D eigenvalue weighted by atomic mass is 10.5. The number of sulfone groups is 1. The number of carboxylic acids is 1. The van der Waals surface area contributed by atoms with Crippen molar-refractivity contribution in [3.8, 4) is 0 Å². The third-order valence-corrected chi connectivity index (χ3v) is 6.32. The average Bonchev–Trinajstić information content (AvgIpc) is 2.72. The third-order valence-electron chi connectivity index (χ3n) is 2.30. The molecular weight excluding hydrogens is 378 g/mol. The summed E-state index contributed by atoms with van der Waals surface area (Å²) in [5.74, 6) is -2.39. The van der Waals surface area contributed by atoms with Gasteiger partial charge in [-0.25, -0.2) is 26.4 Å². The van der Waals surface area contributed by atoms with E-state index >= 15 is 0 Å². The van der Waals surface area contributed by atoms with Crippen LogP contribution in [0.25, 0.3) is 0 Å². The molecule has 1 aromatic heterocycles. The molecule has 114 valence electrons. The van der Waals surface area contributed by atoms with Crippen molar-refractivity contribution in [2.75, 3.05) is 18.1 Å². The Morgan fingerprint density at radius 1 is 1.40 bits per heavy atom. The Bertz CT molecular complexity index is 705. The summed E-state index contributed by atoms with van der Waals surface area (Å²) in [5.41, 5.74) is 0. The second kappa shape index (κ2) is 6.24. The van der Waals surface area contributed by atoms with Crippen LogP contribution < -0.4 is 4.72 Å². The highest BCUT2D eigenvalue weighted by molar-refractivity contribution is 9.10. The molecule has 8 nitrogen and oxygen atoms in total. The lowest BCUT2D eigenvalue weighted by Gasteiger charge is -2.04. The van der Waals surface area contributed by atoms with Crippen molar-refractivity contribution < 1.29 is 31.2 Å². The van der Waals surface area contributed by atoms with E-state index in [0.717, 1.165) is 6.07 Å². The summed E-state index contributed by atoms with van der Waals surface area (Å²) in [7, 11) is -7.35. The van der Waals surface area contributed by atoms with E-state index in [2.05, 4.69) is 20.7 Å². The van der Waals surface area contributed by atoms with Crippen LogP contribution in [0.3, 0.4) is 0 Å². The topological polar surface area (TPSA) is 131 Å². The molecule has 0 amide bonds. The molecule has 1 aromatic rings. The molecule has 0 atom stereocenters. The molecule has 0 saturated heterocycles. The maximum atomic E-state index is 11.9. The van der Waals surface area contributed by atoms with Gasteiger partial charge < -0.3 is 9.52 Å². The largest absolute Gasteiger partial charge is 0.475 e. The van der Waals surface area contributed by atoms with Gasteiger partial charge in [0.2, 0.25) is 15.8 Å². The second-order valence-electron chi connectivity index (χ2n) is 3.69. The summed E-state index contributed by atoms with van der Waals surface area (Å²) in [4.78, 5) is 10.3. The maximum absolute atomic E-state index is 11.9. The average molecular weight is 390 g/mol. The number of hydrogen-bond donors (Lipinski definition) is 2. The van der Waals surface area contributed by atoms with Crippen LogP contribution in [0.5, 0.6) is 0 Å². The van der Waals surface area contributed by atoms with Crippen LogP contribution in [0.4, 0.5) is 0 Å². The van der Waals surface area contributed by atoms with E-state index in [0.29, 0.717) is 0 Å². The highest BCUT2D eigenvalue weighted by Gasteiger charge is 2.25. The fraction of sp³-hybridized carbons (Fsp3) is 0.444. The number of halogens is 1. The molecule has 0 radical (unpaired) electrons. The standard InChI is InChI=1S/C9H12BrNO7S2/c1-2-19(14,15)4-3-11-20(16,17)7-5-6(9(12)13)18-8(7)10/h5,11H,2-4H2,1H3,(H,12,13). The van der Waals surface area contributed by atoms with Crippen LogP contribution in [0.2, 0.25) is 0 Å². The van der Waals surface area contributed by atoms with E-state index in [4.69, 9.17) is 9.52 Å². The fourth-order valence-corrected chi connectivity index (χ4v) is 3.99. The first kappa shape index (κ1) is 17.1. The number of rotatable bonds is 7. The molecule has 0 saturated carbocycles. The lowest BCUT2D eigenvalue weighted by molar-refractivity contribution is 0.0661. The van der Waals surface area contributed by atoms with Crippen molar-refractivity contribution in [2.45, 2.75) is 11.8 Å². The van der Waals surface area contributed by atoms with Crippen LogP contribution >= 0.6 is 15.9 Å². The summed E-state index contributed by atoms with van der Waals surface area (Å²) in [6.07, 6.45) is 0. The first-order valence-electron chi connectivity index (χ1n) is 5.32. The van der Waals surface area contributed by atoms with E-state index in [1.807, 2.05) is 0 Å². The minimum absolute atomic E-state index is 0.0900. The van der Waals surface area contributed by atoms with Crippen molar-refractivity contribution in [3.63, 3.8) is 0 Å². The smallest absolute Gasteiger partial charge is 0.371 e. The molecule has 0 unspecified atom stereocenters. The van der Waals surface area contributed by atoms with Crippen LogP contribution in [-0.2, 0) is 19.9 Å². The zero-order valence-electron chi connectivity index (χ0n) is 10.3. The number of hydrogen-bond acceptors (Lipinski definition) is 6. The number of aromatic carboxylic acids is 1. The molecule has 0 aliphatic carbocycles. The zero-order valence-corrected chi connectivity index (χ0v) is 13.5. The highest BCUT2D eigenvalue weighted by atomic mass is 79.9. The molecule has 0 aliphatic rings. The zero-order chi connectivity index (χ0) is 15.6. The molecule has 0 aromatic carbocycles. The number of carbonyl (C=O) groups is 1. The van der Waals surface area contributed by atoms with Gasteiger partial charge in [0, 0.05) is 18.4 Å². The Morgan fingerprint density at radius 2 is 2.00 bits per heavy atom. The van der Waals surface area contributed by atoms with Gasteiger partial charge in [0.1, 0.15) is 4.90 Å². The van der Waals surface area contributed by atoms with Crippen molar-refractivity contribution in [1.29, 1.82) is 0 Å². The molecule has 11 heteroatoms. The monoisotopic (exact) mass is 389 g/mol. The van der Waals surface area contributed by atoms with Crippen molar-refractivity contribution >= 4 is 41.8 Å². The molecule has 1 heterocycles. The normalized spacial score (nSPS) is 12.5. The number of nitrogens with one attached hydrogen (secondary N) is 1. The number of carboxylic acid groups (broad SMARTS) is 1. The molecular formula is C9H12BrNO7S2. The van der Waals surface area contributed by atoms with E-state index < -0.39 is 36.5 Å². The van der Waals surface area contributed by atoms with Gasteiger partial charge in [-0.15, -0.1) is 0 Å². The minimum atomic E-state index is -4.05. The van der Waals surface area contributed by atoms with Gasteiger partial charge in [-0.1, -0.05) is 6.92 Å². The first-order chi connectivity index (χ1) is 9.09. The summed E-state index contributed by atoms with van der Waals surface area (Å²) < 4.78 is 52.7. The van der Waals surface area contributed by atoms with Crippen LogP contribution in [0.15, 0.2) is 20.0 Å². The Hall–Kier alpha value is -0.910. The van der Waals surface area contributed by atoms with Crippen molar-refractivity contribution in [3.05, 3.63) is 16.5 Å². The van der Waals surface area contributed by atoms with Gasteiger partial charge in [-0.05, 0) is 15.9 Å². The van der Waals surface area contributed by atoms with E-state index in [1.54, 1.807) is 0 Å². The quantitative estimate of drug-likeness (QED) is 0.691. The molecule has 0 bridgehead atoms.